The van der Waals surface area contributed by atoms with Gasteiger partial charge >= 0.3 is 0 Å². The number of nitrogens with zero attached hydrogens (tertiary/aromatic N) is 2. The van der Waals surface area contributed by atoms with Gasteiger partial charge in [-0.1, -0.05) is 23.2 Å². The zero-order valence-corrected chi connectivity index (χ0v) is 15.1. The van der Waals surface area contributed by atoms with Crippen molar-refractivity contribution in [2.75, 3.05) is 19.4 Å². The van der Waals surface area contributed by atoms with Crippen molar-refractivity contribution < 1.29 is 0 Å². The Hall–Kier alpha value is -1.27. The van der Waals surface area contributed by atoms with E-state index in [1.54, 1.807) is 24.4 Å². The van der Waals surface area contributed by atoms with Crippen molar-refractivity contribution in [1.29, 1.82) is 0 Å². The van der Waals surface area contributed by atoms with Gasteiger partial charge in [-0.2, -0.15) is 0 Å². The predicted molar refractivity (Wildman–Crippen MR) is 99.1 cm³/mol. The molecule has 0 aromatic heterocycles. The van der Waals surface area contributed by atoms with E-state index in [1.807, 2.05) is 6.08 Å². The Labute approximate surface area is 147 Å². The Bertz CT molecular complexity index is 614. The Morgan fingerprint density at radius 3 is 2.78 bits per heavy atom. The lowest BCUT2D eigenvalue weighted by atomic mass is 10.0. The molecule has 7 heteroatoms. The minimum Gasteiger partial charge on any atom is -0.333 e. The van der Waals surface area contributed by atoms with Crippen LogP contribution in [0.15, 0.2) is 35.5 Å². The van der Waals surface area contributed by atoms with E-state index >= 15 is 0 Å². The second-order valence-electron chi connectivity index (χ2n) is 6.03. The van der Waals surface area contributed by atoms with Crippen molar-refractivity contribution in [3.8, 4) is 0 Å². The standard InChI is InChI=1S/C16H23Cl2N5/c1-11(23(2)3)6-7-16(19)8-9-20-15(22-16)21-14-5-4-12(17)10-13(14)18/h4-5,8-11H,6-7,19H2,1-3H3,(H2,20,21,22). The number of benzene rings is 1. The zero-order valence-electron chi connectivity index (χ0n) is 13.6. The molecule has 4 N–H and O–H groups in total. The number of hydrogen-bond acceptors (Lipinski definition) is 5. The number of aliphatic imine (C=N–C) groups is 1. The quantitative estimate of drug-likeness (QED) is 0.758. The van der Waals surface area contributed by atoms with Gasteiger partial charge in [-0.05, 0) is 58.1 Å². The maximum absolute atomic E-state index is 6.39. The zero-order chi connectivity index (χ0) is 17.0. The predicted octanol–water partition coefficient (Wildman–Crippen LogP) is 3.26. The van der Waals surface area contributed by atoms with Crippen molar-refractivity contribution in [1.82, 2.24) is 10.2 Å². The summed E-state index contributed by atoms with van der Waals surface area (Å²) in [4.78, 5) is 6.75. The summed E-state index contributed by atoms with van der Waals surface area (Å²) in [6.07, 6.45) is 5.39. The summed E-state index contributed by atoms with van der Waals surface area (Å²) in [6.45, 7) is 2.17. The van der Waals surface area contributed by atoms with Crippen molar-refractivity contribution in [2.45, 2.75) is 31.5 Å². The fraction of sp³-hybridized carbons (Fsp3) is 0.438. The Morgan fingerprint density at radius 2 is 2.13 bits per heavy atom. The number of hydrogen-bond donors (Lipinski definition) is 3. The topological polar surface area (TPSA) is 65.7 Å². The third-order valence-corrected chi connectivity index (χ3v) is 4.49. The van der Waals surface area contributed by atoms with E-state index < -0.39 is 5.66 Å². The van der Waals surface area contributed by atoms with E-state index in [-0.39, 0.29) is 0 Å². The van der Waals surface area contributed by atoms with E-state index in [0.717, 1.165) is 18.5 Å². The van der Waals surface area contributed by atoms with Crippen LogP contribution in [-0.2, 0) is 0 Å². The van der Waals surface area contributed by atoms with Gasteiger partial charge in [-0.15, -0.1) is 0 Å². The normalized spacial score (nSPS) is 21.8. The van der Waals surface area contributed by atoms with Crippen LogP contribution in [0.4, 0.5) is 5.69 Å². The SMILES string of the molecule is CC(CCC1(N)C=CNC(Nc2ccc(Cl)cc2Cl)=N1)N(C)C. The van der Waals surface area contributed by atoms with E-state index in [2.05, 4.69) is 41.5 Å². The first-order valence-corrected chi connectivity index (χ1v) is 8.26. The van der Waals surface area contributed by atoms with Crippen LogP contribution in [-0.4, -0.2) is 36.7 Å². The fourth-order valence-electron chi connectivity index (χ4n) is 2.16. The van der Waals surface area contributed by atoms with E-state index in [9.17, 15) is 0 Å². The first-order chi connectivity index (χ1) is 10.8. The minimum atomic E-state index is -0.725. The van der Waals surface area contributed by atoms with Gasteiger partial charge in [0.1, 0.15) is 5.66 Å². The van der Waals surface area contributed by atoms with Gasteiger partial charge in [0.15, 0.2) is 0 Å². The summed E-state index contributed by atoms with van der Waals surface area (Å²) >= 11 is 12.1. The van der Waals surface area contributed by atoms with Crippen LogP contribution in [0.25, 0.3) is 0 Å². The van der Waals surface area contributed by atoms with Crippen LogP contribution in [0.3, 0.4) is 0 Å². The van der Waals surface area contributed by atoms with Crippen LogP contribution in [0.2, 0.25) is 10.0 Å². The molecule has 1 aliphatic heterocycles. The highest BCUT2D eigenvalue weighted by Crippen LogP contribution is 2.26. The minimum absolute atomic E-state index is 0.441. The van der Waals surface area contributed by atoms with Crippen molar-refractivity contribution in [3.63, 3.8) is 0 Å². The molecule has 2 rings (SSSR count). The van der Waals surface area contributed by atoms with Crippen molar-refractivity contribution in [3.05, 3.63) is 40.5 Å². The molecule has 0 saturated heterocycles. The first kappa shape index (κ1) is 18.1. The van der Waals surface area contributed by atoms with Gasteiger partial charge in [-0.3, -0.25) is 0 Å². The molecule has 0 fully saturated rings. The molecule has 23 heavy (non-hydrogen) atoms. The number of halogens is 2. The molecule has 0 radical (unpaired) electrons. The average Bonchev–Trinajstić information content (AvgIpc) is 2.48. The van der Waals surface area contributed by atoms with Gasteiger partial charge in [0.25, 0.3) is 0 Å². The molecule has 1 heterocycles. The number of rotatable bonds is 5. The van der Waals surface area contributed by atoms with Crippen LogP contribution in [0, 0.1) is 0 Å². The van der Waals surface area contributed by atoms with E-state index in [4.69, 9.17) is 28.9 Å². The molecule has 0 bridgehead atoms. The molecule has 0 amide bonds. The molecular formula is C16H23Cl2N5. The highest BCUT2D eigenvalue weighted by atomic mass is 35.5. The summed E-state index contributed by atoms with van der Waals surface area (Å²) in [5, 5.41) is 7.32. The molecule has 2 atom stereocenters. The Morgan fingerprint density at radius 1 is 1.39 bits per heavy atom. The van der Waals surface area contributed by atoms with Crippen LogP contribution in [0.1, 0.15) is 19.8 Å². The number of nitrogens with two attached hydrogens (primary N) is 1. The number of guanidine groups is 1. The lowest BCUT2D eigenvalue weighted by Crippen LogP contribution is -2.44. The van der Waals surface area contributed by atoms with Crippen LogP contribution < -0.4 is 16.4 Å². The van der Waals surface area contributed by atoms with Crippen molar-refractivity contribution >= 4 is 34.8 Å². The molecule has 1 aromatic rings. The molecule has 1 aliphatic rings. The molecule has 5 nitrogen and oxygen atoms in total. The lowest BCUT2D eigenvalue weighted by molar-refractivity contribution is 0.278. The third-order valence-electron chi connectivity index (χ3n) is 3.94. The fourth-order valence-corrected chi connectivity index (χ4v) is 2.62. The number of anilines is 1. The summed E-state index contributed by atoms with van der Waals surface area (Å²) in [5.74, 6) is 0.566. The molecule has 2 unspecified atom stereocenters. The molecule has 1 aromatic carbocycles. The number of nitrogens with one attached hydrogen (secondary N) is 2. The second kappa shape index (κ2) is 7.53. The average molecular weight is 356 g/mol. The van der Waals surface area contributed by atoms with E-state index in [0.29, 0.717) is 22.0 Å². The smallest absolute Gasteiger partial charge is 0.202 e. The summed E-state index contributed by atoms with van der Waals surface area (Å²) in [5.41, 5.74) is 6.39. The monoisotopic (exact) mass is 355 g/mol. The maximum Gasteiger partial charge on any atom is 0.202 e. The third kappa shape index (κ3) is 5.11. The van der Waals surface area contributed by atoms with Gasteiger partial charge in [0.05, 0.1) is 10.7 Å². The highest BCUT2D eigenvalue weighted by molar-refractivity contribution is 6.36. The second-order valence-corrected chi connectivity index (χ2v) is 6.87. The van der Waals surface area contributed by atoms with Crippen LogP contribution in [0.5, 0.6) is 0 Å². The highest BCUT2D eigenvalue weighted by Gasteiger charge is 2.25. The van der Waals surface area contributed by atoms with Gasteiger partial charge in [0, 0.05) is 17.3 Å². The Balaban J connectivity index is 2.06. The lowest BCUT2D eigenvalue weighted by Gasteiger charge is -2.29. The molecule has 0 aliphatic carbocycles. The molecular weight excluding hydrogens is 333 g/mol. The van der Waals surface area contributed by atoms with Gasteiger partial charge < -0.3 is 21.3 Å². The summed E-state index contributed by atoms with van der Waals surface area (Å²) in [6, 6.07) is 5.69. The van der Waals surface area contributed by atoms with Gasteiger partial charge in [0.2, 0.25) is 5.96 Å². The molecule has 126 valence electrons. The largest absolute Gasteiger partial charge is 0.333 e. The first-order valence-electron chi connectivity index (χ1n) is 7.50. The molecule has 0 spiro atoms. The van der Waals surface area contributed by atoms with E-state index in [1.165, 1.54) is 0 Å². The maximum atomic E-state index is 6.39. The van der Waals surface area contributed by atoms with Crippen molar-refractivity contribution in [2.24, 2.45) is 10.7 Å². The van der Waals surface area contributed by atoms with Crippen LogP contribution >= 0.6 is 23.2 Å². The Kier molecular flexibility index (Phi) is 5.92. The van der Waals surface area contributed by atoms with Gasteiger partial charge in [-0.25, -0.2) is 4.99 Å². The summed E-state index contributed by atoms with van der Waals surface area (Å²) in [7, 11) is 4.12. The molecule has 0 saturated carbocycles. The summed E-state index contributed by atoms with van der Waals surface area (Å²) < 4.78 is 0.